The third kappa shape index (κ3) is 5.06. The van der Waals surface area contributed by atoms with Gasteiger partial charge in [0.25, 0.3) is 0 Å². The van der Waals surface area contributed by atoms with E-state index in [0.29, 0.717) is 31.1 Å². The summed E-state index contributed by atoms with van der Waals surface area (Å²) in [5.41, 5.74) is 3.00. The fraction of sp³-hybridized carbons (Fsp3) is 0.304. The third-order valence-electron chi connectivity index (χ3n) is 5.42. The Morgan fingerprint density at radius 3 is 2.80 bits per heavy atom. The summed E-state index contributed by atoms with van der Waals surface area (Å²) >= 11 is 7.66. The van der Waals surface area contributed by atoms with E-state index in [2.05, 4.69) is 20.6 Å². The minimum Gasteiger partial charge on any atom is -0.352 e. The Morgan fingerprint density at radius 1 is 1.30 bits per heavy atom. The molecule has 0 saturated carbocycles. The summed E-state index contributed by atoms with van der Waals surface area (Å²) in [4.78, 5) is 19.7. The largest absolute Gasteiger partial charge is 0.352 e. The van der Waals surface area contributed by atoms with E-state index in [0.717, 1.165) is 21.8 Å². The number of amides is 1. The maximum Gasteiger partial charge on any atom is 0.224 e. The number of nitrogens with zero attached hydrogens (tertiary/aromatic N) is 2. The Hall–Kier alpha value is -2.28. The molecule has 1 fully saturated rings. The van der Waals surface area contributed by atoms with E-state index in [4.69, 9.17) is 11.6 Å². The highest BCUT2D eigenvalue weighted by Crippen LogP contribution is 2.37. The second-order valence-electron chi connectivity index (χ2n) is 7.64. The fourth-order valence-electron chi connectivity index (χ4n) is 3.97. The van der Waals surface area contributed by atoms with Crippen molar-refractivity contribution in [3.05, 3.63) is 86.6 Å². The van der Waals surface area contributed by atoms with Crippen LogP contribution in [-0.4, -0.2) is 22.3 Å². The first kappa shape index (κ1) is 21.0. The molecule has 4 rings (SSSR count). The summed E-state index contributed by atoms with van der Waals surface area (Å²) in [6.07, 6.45) is 0.691. The van der Waals surface area contributed by atoms with Crippen LogP contribution >= 0.6 is 22.9 Å². The first-order valence-electron chi connectivity index (χ1n) is 9.90. The van der Waals surface area contributed by atoms with Gasteiger partial charge in [-0.05, 0) is 48.7 Å². The van der Waals surface area contributed by atoms with Crippen LogP contribution in [0.1, 0.15) is 34.3 Å². The number of nitrogens with one attached hydrogen (secondary N) is 1. The van der Waals surface area contributed by atoms with Crippen LogP contribution < -0.4 is 5.32 Å². The summed E-state index contributed by atoms with van der Waals surface area (Å²) in [7, 11) is 0. The maximum absolute atomic E-state index is 13.4. The van der Waals surface area contributed by atoms with Gasteiger partial charge in [-0.2, -0.15) is 0 Å². The number of likely N-dealkylation sites (tertiary alicyclic amines) is 1. The number of benzene rings is 2. The van der Waals surface area contributed by atoms with Crippen LogP contribution in [0.4, 0.5) is 4.39 Å². The van der Waals surface area contributed by atoms with Gasteiger partial charge in [-0.3, -0.25) is 9.69 Å². The lowest BCUT2D eigenvalue weighted by molar-refractivity contribution is -0.124. The molecule has 30 heavy (non-hydrogen) atoms. The second kappa shape index (κ2) is 9.25. The normalized spacial score (nSPS) is 19.2. The van der Waals surface area contributed by atoms with Crippen molar-refractivity contribution in [3.8, 4) is 0 Å². The number of hydrogen-bond donors (Lipinski definition) is 1. The number of rotatable bonds is 6. The molecule has 1 aliphatic heterocycles. The molecule has 1 saturated heterocycles. The Balaban J connectivity index is 1.47. The van der Waals surface area contributed by atoms with Gasteiger partial charge in [0.2, 0.25) is 5.91 Å². The second-order valence-corrected chi connectivity index (χ2v) is 9.13. The van der Waals surface area contributed by atoms with E-state index < -0.39 is 0 Å². The number of carbonyl (C=O) groups is 1. The van der Waals surface area contributed by atoms with Gasteiger partial charge in [0, 0.05) is 36.1 Å². The van der Waals surface area contributed by atoms with Crippen LogP contribution in [0.15, 0.2) is 53.9 Å². The van der Waals surface area contributed by atoms with Crippen molar-refractivity contribution in [1.82, 2.24) is 15.2 Å². The van der Waals surface area contributed by atoms with Gasteiger partial charge >= 0.3 is 0 Å². The molecule has 0 spiro atoms. The smallest absolute Gasteiger partial charge is 0.224 e. The van der Waals surface area contributed by atoms with Gasteiger partial charge in [-0.1, -0.05) is 35.9 Å². The van der Waals surface area contributed by atoms with Crippen molar-refractivity contribution in [2.75, 3.05) is 6.54 Å². The standard InChI is InChI=1S/C23H23ClFN3OS/c1-15-27-21(14-30-15)13-28-12-18(10-22(28)17-5-7-20(25)8-6-17)23(29)26-11-16-3-2-4-19(24)9-16/h2-9,14,18,22H,10-13H2,1H3,(H,26,29)/t18-,22-/m1/s1. The van der Waals surface area contributed by atoms with Crippen LogP contribution in [-0.2, 0) is 17.9 Å². The molecule has 2 heterocycles. The van der Waals surface area contributed by atoms with Crippen LogP contribution in [0, 0.1) is 18.7 Å². The molecule has 156 valence electrons. The average molecular weight is 444 g/mol. The van der Waals surface area contributed by atoms with Crippen molar-refractivity contribution < 1.29 is 9.18 Å². The molecule has 7 heteroatoms. The van der Waals surface area contributed by atoms with E-state index in [-0.39, 0.29) is 23.7 Å². The van der Waals surface area contributed by atoms with E-state index in [9.17, 15) is 9.18 Å². The van der Waals surface area contributed by atoms with Crippen molar-refractivity contribution in [2.45, 2.75) is 32.5 Å². The first-order valence-corrected chi connectivity index (χ1v) is 11.2. The number of aromatic nitrogens is 1. The van der Waals surface area contributed by atoms with Gasteiger partial charge in [0.05, 0.1) is 16.6 Å². The van der Waals surface area contributed by atoms with Crippen molar-refractivity contribution in [3.63, 3.8) is 0 Å². The molecule has 1 amide bonds. The number of carbonyl (C=O) groups excluding carboxylic acids is 1. The van der Waals surface area contributed by atoms with Crippen LogP contribution in [0.2, 0.25) is 5.02 Å². The molecule has 0 bridgehead atoms. The molecule has 0 aliphatic carbocycles. The van der Waals surface area contributed by atoms with Gasteiger partial charge in [-0.15, -0.1) is 11.3 Å². The molecule has 1 N–H and O–H groups in total. The van der Waals surface area contributed by atoms with Crippen molar-refractivity contribution in [2.24, 2.45) is 5.92 Å². The molecular formula is C23H23ClFN3OS. The zero-order valence-electron chi connectivity index (χ0n) is 16.6. The summed E-state index contributed by atoms with van der Waals surface area (Å²) < 4.78 is 13.4. The Morgan fingerprint density at radius 2 is 2.10 bits per heavy atom. The fourth-order valence-corrected chi connectivity index (χ4v) is 4.79. The number of aryl methyl sites for hydroxylation is 1. The minimum atomic E-state index is -0.255. The SMILES string of the molecule is Cc1nc(CN2C[C@H](C(=O)NCc3cccc(Cl)c3)C[C@@H]2c2ccc(F)cc2)cs1. The molecule has 0 unspecified atom stereocenters. The highest BCUT2D eigenvalue weighted by Gasteiger charge is 2.37. The summed E-state index contributed by atoms with van der Waals surface area (Å²) in [5, 5.41) is 6.78. The van der Waals surface area contributed by atoms with Crippen molar-refractivity contribution >= 4 is 28.8 Å². The molecule has 1 aliphatic rings. The summed E-state index contributed by atoms with van der Waals surface area (Å²) in [6, 6.07) is 14.1. The molecule has 2 aromatic carbocycles. The lowest BCUT2D eigenvalue weighted by atomic mass is 9.99. The lowest BCUT2D eigenvalue weighted by Crippen LogP contribution is -2.32. The topological polar surface area (TPSA) is 45.2 Å². The monoisotopic (exact) mass is 443 g/mol. The van der Waals surface area contributed by atoms with Crippen molar-refractivity contribution in [1.29, 1.82) is 0 Å². The molecule has 4 nitrogen and oxygen atoms in total. The highest BCUT2D eigenvalue weighted by atomic mass is 35.5. The minimum absolute atomic E-state index is 0.0269. The summed E-state index contributed by atoms with van der Waals surface area (Å²) in [6.45, 7) is 3.74. The Labute approximate surface area is 184 Å². The average Bonchev–Trinajstić information content (AvgIpc) is 3.33. The number of hydrogen-bond acceptors (Lipinski definition) is 4. The molecular weight excluding hydrogens is 421 g/mol. The summed E-state index contributed by atoms with van der Waals surface area (Å²) in [5.74, 6) is -0.368. The van der Waals surface area contributed by atoms with E-state index in [1.807, 2.05) is 43.3 Å². The molecule has 0 radical (unpaired) electrons. The Kier molecular flexibility index (Phi) is 6.46. The number of thiazole rings is 1. The molecule has 2 atom stereocenters. The predicted octanol–water partition coefficient (Wildman–Crippen LogP) is 5.12. The molecule has 3 aromatic rings. The highest BCUT2D eigenvalue weighted by molar-refractivity contribution is 7.09. The zero-order chi connectivity index (χ0) is 21.1. The van der Waals surface area contributed by atoms with E-state index >= 15 is 0 Å². The number of halogens is 2. The van der Waals surface area contributed by atoms with Crippen LogP contribution in [0.3, 0.4) is 0 Å². The maximum atomic E-state index is 13.4. The van der Waals surface area contributed by atoms with E-state index in [1.165, 1.54) is 12.1 Å². The quantitative estimate of drug-likeness (QED) is 0.574. The molecule has 1 aromatic heterocycles. The zero-order valence-corrected chi connectivity index (χ0v) is 18.2. The predicted molar refractivity (Wildman–Crippen MR) is 118 cm³/mol. The van der Waals surface area contributed by atoms with Gasteiger partial charge < -0.3 is 5.32 Å². The lowest BCUT2D eigenvalue weighted by Gasteiger charge is -2.23. The first-order chi connectivity index (χ1) is 14.5. The van der Waals surface area contributed by atoms with Gasteiger partial charge in [0.1, 0.15) is 5.82 Å². The van der Waals surface area contributed by atoms with Crippen LogP contribution in [0.25, 0.3) is 0 Å². The van der Waals surface area contributed by atoms with Crippen LogP contribution in [0.5, 0.6) is 0 Å². The Bertz CT molecular complexity index is 1020. The van der Waals surface area contributed by atoms with E-state index in [1.54, 1.807) is 11.3 Å². The van der Waals surface area contributed by atoms with Gasteiger partial charge in [-0.25, -0.2) is 9.37 Å². The third-order valence-corrected chi connectivity index (χ3v) is 6.47. The van der Waals surface area contributed by atoms with Gasteiger partial charge in [0.15, 0.2) is 0 Å².